The van der Waals surface area contributed by atoms with Crippen molar-refractivity contribution in [2.45, 2.75) is 32.4 Å². The lowest BCUT2D eigenvalue weighted by Crippen LogP contribution is -2.31. The predicted octanol–water partition coefficient (Wildman–Crippen LogP) is 2.02. The van der Waals surface area contributed by atoms with Crippen molar-refractivity contribution in [2.75, 3.05) is 18.4 Å². The maximum Gasteiger partial charge on any atom is 0.222 e. The van der Waals surface area contributed by atoms with E-state index in [1.54, 1.807) is 12.4 Å². The Morgan fingerprint density at radius 3 is 2.69 bits per heavy atom. The molecule has 1 fully saturated rings. The van der Waals surface area contributed by atoms with Crippen molar-refractivity contribution in [2.24, 2.45) is 0 Å². The van der Waals surface area contributed by atoms with E-state index in [0.717, 1.165) is 19.5 Å². The lowest BCUT2D eigenvalue weighted by Gasteiger charge is -2.20. The molecular formula is C11H17ClN4. The first kappa shape index (κ1) is 11.6. The van der Waals surface area contributed by atoms with Crippen LogP contribution in [0.4, 0.5) is 5.95 Å². The topological polar surface area (TPSA) is 41.0 Å². The van der Waals surface area contributed by atoms with Gasteiger partial charge in [0.2, 0.25) is 5.95 Å². The third-order valence-corrected chi connectivity index (χ3v) is 3.10. The van der Waals surface area contributed by atoms with Gasteiger partial charge >= 0.3 is 0 Å². The number of hydrogen-bond acceptors (Lipinski definition) is 4. The van der Waals surface area contributed by atoms with Gasteiger partial charge in [-0.1, -0.05) is 11.6 Å². The number of nitrogens with zero attached hydrogens (tertiary/aromatic N) is 3. The summed E-state index contributed by atoms with van der Waals surface area (Å²) in [7, 11) is 0. The SMILES string of the molecule is CC(C)N1CCC(Nc2ncc(Cl)cn2)C1. The smallest absolute Gasteiger partial charge is 0.222 e. The largest absolute Gasteiger partial charge is 0.350 e. The van der Waals surface area contributed by atoms with Crippen LogP contribution in [0.1, 0.15) is 20.3 Å². The molecule has 2 rings (SSSR count). The third-order valence-electron chi connectivity index (χ3n) is 2.90. The zero-order chi connectivity index (χ0) is 11.5. The van der Waals surface area contributed by atoms with Gasteiger partial charge in [0.25, 0.3) is 0 Å². The van der Waals surface area contributed by atoms with Gasteiger partial charge < -0.3 is 5.32 Å². The number of hydrogen-bond donors (Lipinski definition) is 1. The normalized spacial score (nSPS) is 21.6. The van der Waals surface area contributed by atoms with Crippen LogP contribution in [-0.4, -0.2) is 40.0 Å². The molecule has 1 atom stereocenters. The van der Waals surface area contributed by atoms with Crippen LogP contribution in [-0.2, 0) is 0 Å². The van der Waals surface area contributed by atoms with Crippen LogP contribution < -0.4 is 5.32 Å². The molecule has 1 aliphatic heterocycles. The Morgan fingerprint density at radius 1 is 1.44 bits per heavy atom. The molecule has 1 N–H and O–H groups in total. The summed E-state index contributed by atoms with van der Waals surface area (Å²) in [6.45, 7) is 6.65. The molecule has 0 aliphatic carbocycles. The van der Waals surface area contributed by atoms with Crippen LogP contribution in [0.5, 0.6) is 0 Å². The van der Waals surface area contributed by atoms with Crippen molar-refractivity contribution >= 4 is 17.5 Å². The second-order valence-electron chi connectivity index (χ2n) is 4.44. The molecule has 0 spiro atoms. The van der Waals surface area contributed by atoms with Crippen molar-refractivity contribution in [3.63, 3.8) is 0 Å². The fraction of sp³-hybridized carbons (Fsp3) is 0.636. The van der Waals surface area contributed by atoms with Crippen molar-refractivity contribution in [1.29, 1.82) is 0 Å². The number of likely N-dealkylation sites (tertiary alicyclic amines) is 1. The standard InChI is InChI=1S/C11H17ClN4/c1-8(2)16-4-3-10(7-16)15-11-13-5-9(12)6-14-11/h5-6,8,10H,3-4,7H2,1-2H3,(H,13,14,15). The van der Waals surface area contributed by atoms with Gasteiger partial charge in [0.05, 0.1) is 17.4 Å². The summed E-state index contributed by atoms with van der Waals surface area (Å²) in [4.78, 5) is 10.7. The van der Waals surface area contributed by atoms with E-state index < -0.39 is 0 Å². The molecule has 0 saturated carbocycles. The minimum absolute atomic E-state index is 0.448. The Labute approximate surface area is 101 Å². The van der Waals surface area contributed by atoms with Crippen LogP contribution in [0.3, 0.4) is 0 Å². The highest BCUT2D eigenvalue weighted by Gasteiger charge is 2.24. The highest BCUT2D eigenvalue weighted by molar-refractivity contribution is 6.30. The van der Waals surface area contributed by atoms with Crippen molar-refractivity contribution in [1.82, 2.24) is 14.9 Å². The highest BCUT2D eigenvalue weighted by atomic mass is 35.5. The zero-order valence-electron chi connectivity index (χ0n) is 9.65. The van der Waals surface area contributed by atoms with Gasteiger partial charge in [0, 0.05) is 25.2 Å². The number of anilines is 1. The summed E-state index contributed by atoms with van der Waals surface area (Å²) in [6.07, 6.45) is 4.38. The number of aromatic nitrogens is 2. The van der Waals surface area contributed by atoms with Gasteiger partial charge in [-0.15, -0.1) is 0 Å². The fourth-order valence-corrected chi connectivity index (χ4v) is 2.04. The predicted molar refractivity (Wildman–Crippen MR) is 65.8 cm³/mol. The minimum atomic E-state index is 0.448. The van der Waals surface area contributed by atoms with E-state index >= 15 is 0 Å². The third kappa shape index (κ3) is 2.83. The molecule has 2 heterocycles. The Balaban J connectivity index is 1.89. The van der Waals surface area contributed by atoms with E-state index in [4.69, 9.17) is 11.6 Å². The maximum atomic E-state index is 5.73. The monoisotopic (exact) mass is 240 g/mol. The molecule has 0 amide bonds. The zero-order valence-corrected chi connectivity index (χ0v) is 10.4. The van der Waals surface area contributed by atoms with E-state index in [9.17, 15) is 0 Å². The van der Waals surface area contributed by atoms with Gasteiger partial charge in [-0.3, -0.25) is 4.90 Å². The first-order valence-corrected chi connectivity index (χ1v) is 6.01. The van der Waals surface area contributed by atoms with Gasteiger partial charge in [0.1, 0.15) is 0 Å². The highest BCUT2D eigenvalue weighted by Crippen LogP contribution is 2.15. The van der Waals surface area contributed by atoms with E-state index in [-0.39, 0.29) is 0 Å². The van der Waals surface area contributed by atoms with Crippen molar-refractivity contribution < 1.29 is 0 Å². The first-order valence-electron chi connectivity index (χ1n) is 5.63. The second kappa shape index (κ2) is 4.97. The fourth-order valence-electron chi connectivity index (χ4n) is 1.94. The number of halogens is 1. The number of rotatable bonds is 3. The average molecular weight is 241 g/mol. The van der Waals surface area contributed by atoms with Crippen molar-refractivity contribution in [3.05, 3.63) is 17.4 Å². The van der Waals surface area contributed by atoms with Crippen LogP contribution in [0, 0.1) is 0 Å². The molecule has 16 heavy (non-hydrogen) atoms. The summed E-state index contributed by atoms with van der Waals surface area (Å²) in [6, 6.07) is 1.06. The summed E-state index contributed by atoms with van der Waals surface area (Å²) >= 11 is 5.73. The first-order chi connectivity index (χ1) is 7.65. The van der Waals surface area contributed by atoms with Crippen LogP contribution >= 0.6 is 11.6 Å². The van der Waals surface area contributed by atoms with Gasteiger partial charge in [-0.05, 0) is 20.3 Å². The Morgan fingerprint density at radius 2 is 2.12 bits per heavy atom. The molecule has 4 nitrogen and oxygen atoms in total. The molecule has 1 saturated heterocycles. The molecule has 1 unspecified atom stereocenters. The molecule has 0 bridgehead atoms. The molecular weight excluding hydrogens is 224 g/mol. The quantitative estimate of drug-likeness (QED) is 0.878. The molecule has 1 aromatic heterocycles. The molecule has 5 heteroatoms. The van der Waals surface area contributed by atoms with E-state index in [2.05, 4.69) is 34.0 Å². The van der Waals surface area contributed by atoms with E-state index in [1.165, 1.54) is 0 Å². The van der Waals surface area contributed by atoms with Gasteiger partial charge in [-0.25, -0.2) is 9.97 Å². The Kier molecular flexibility index (Phi) is 3.61. The lowest BCUT2D eigenvalue weighted by atomic mass is 10.3. The molecule has 1 aromatic rings. The molecule has 1 aliphatic rings. The minimum Gasteiger partial charge on any atom is -0.350 e. The maximum absolute atomic E-state index is 5.73. The summed E-state index contributed by atoms with van der Waals surface area (Å²) in [5.41, 5.74) is 0. The molecule has 0 aromatic carbocycles. The average Bonchev–Trinajstić information content (AvgIpc) is 2.70. The van der Waals surface area contributed by atoms with Gasteiger partial charge in [0.15, 0.2) is 0 Å². The number of nitrogens with one attached hydrogen (secondary N) is 1. The summed E-state index contributed by atoms with van der Waals surface area (Å²) in [5.74, 6) is 0.667. The van der Waals surface area contributed by atoms with E-state index in [0.29, 0.717) is 23.1 Å². The summed E-state index contributed by atoms with van der Waals surface area (Å²) in [5, 5.41) is 3.90. The van der Waals surface area contributed by atoms with E-state index in [1.807, 2.05) is 0 Å². The van der Waals surface area contributed by atoms with Crippen LogP contribution in [0.15, 0.2) is 12.4 Å². The van der Waals surface area contributed by atoms with Crippen LogP contribution in [0.25, 0.3) is 0 Å². The Hall–Kier alpha value is -0.870. The Bertz CT molecular complexity index is 338. The molecule has 0 radical (unpaired) electrons. The van der Waals surface area contributed by atoms with Gasteiger partial charge in [-0.2, -0.15) is 0 Å². The summed E-state index contributed by atoms with van der Waals surface area (Å²) < 4.78 is 0. The van der Waals surface area contributed by atoms with Crippen LogP contribution in [0.2, 0.25) is 5.02 Å². The van der Waals surface area contributed by atoms with Crippen molar-refractivity contribution in [3.8, 4) is 0 Å². The molecule has 88 valence electrons. The second-order valence-corrected chi connectivity index (χ2v) is 4.88. The lowest BCUT2D eigenvalue weighted by molar-refractivity contribution is 0.274.